The van der Waals surface area contributed by atoms with Crippen LogP contribution in [0, 0.1) is 18.8 Å². The van der Waals surface area contributed by atoms with Crippen molar-refractivity contribution in [1.29, 1.82) is 0 Å². The minimum Gasteiger partial charge on any atom is -0.504 e. The molecule has 1 unspecified atom stereocenters. The first-order chi connectivity index (χ1) is 20.4. The molecule has 0 saturated carbocycles. The molecular weight excluding hydrogens is 540 g/mol. The number of nitrogens with one attached hydrogen (secondary N) is 3. The molecule has 5 rings (SSSR count). The van der Waals surface area contributed by atoms with Crippen LogP contribution in [0.3, 0.4) is 0 Å². The molecule has 11 heteroatoms. The number of unbranched alkanes of at least 4 members (excludes halogenated alkanes) is 1. The van der Waals surface area contributed by atoms with Crippen LogP contribution in [0.2, 0.25) is 0 Å². The molecule has 0 bridgehead atoms. The van der Waals surface area contributed by atoms with Gasteiger partial charge in [-0.15, -0.1) is 0 Å². The molecule has 0 aromatic heterocycles. The largest absolute Gasteiger partial charge is 0.504 e. The molecule has 3 aliphatic rings. The Morgan fingerprint density at radius 2 is 1.71 bits per heavy atom. The van der Waals surface area contributed by atoms with Gasteiger partial charge in [-0.05, 0) is 92.8 Å². The van der Waals surface area contributed by atoms with Crippen molar-refractivity contribution in [2.45, 2.75) is 44.6 Å². The van der Waals surface area contributed by atoms with Crippen LogP contribution in [0.25, 0.3) is 0 Å². The fourth-order valence-corrected chi connectivity index (χ4v) is 6.29. The summed E-state index contributed by atoms with van der Waals surface area (Å²) in [4.78, 5) is 26.4. The smallest absolute Gasteiger partial charge is 0.310 e. The molecule has 1 fully saturated rings. The second kappa shape index (κ2) is 13.6. The number of esters is 1. The van der Waals surface area contributed by atoms with Gasteiger partial charge >= 0.3 is 5.97 Å². The fourth-order valence-electron chi connectivity index (χ4n) is 6.29. The first-order valence-electron chi connectivity index (χ1n) is 14.8. The van der Waals surface area contributed by atoms with E-state index in [4.69, 9.17) is 24.7 Å². The summed E-state index contributed by atoms with van der Waals surface area (Å²) in [5.74, 6) is -0.0225. The quantitative estimate of drug-likeness (QED) is 0.166. The molecule has 2 heterocycles. The SMILES string of the molecule is COc1cc(C2c3cc4c(cc3[C@@H](NC(=O)CCNCCCNCCCCN)[C@H]3COC(=O)[C@H]23)OCO4)cc(C)c1O. The summed E-state index contributed by atoms with van der Waals surface area (Å²) in [6.45, 7) is 6.09. The van der Waals surface area contributed by atoms with Gasteiger partial charge in [0.05, 0.1) is 25.7 Å². The number of methoxy groups -OCH3 is 1. The van der Waals surface area contributed by atoms with Crippen LogP contribution in [0.15, 0.2) is 24.3 Å². The average molecular weight is 583 g/mol. The first kappa shape index (κ1) is 29.9. The number of carbonyl (C=O) groups is 2. The highest BCUT2D eigenvalue weighted by Gasteiger charge is 2.53. The van der Waals surface area contributed by atoms with E-state index in [-0.39, 0.29) is 42.9 Å². The zero-order valence-electron chi connectivity index (χ0n) is 24.4. The number of benzene rings is 2. The summed E-state index contributed by atoms with van der Waals surface area (Å²) >= 11 is 0. The maximum atomic E-state index is 13.3. The number of cyclic esters (lactones) is 1. The minimum atomic E-state index is -0.535. The number of fused-ring (bicyclic) bond motifs is 3. The monoisotopic (exact) mass is 582 g/mol. The van der Waals surface area contributed by atoms with E-state index in [1.807, 2.05) is 18.2 Å². The number of nitrogens with two attached hydrogens (primary N) is 1. The van der Waals surface area contributed by atoms with Gasteiger partial charge in [-0.25, -0.2) is 0 Å². The van der Waals surface area contributed by atoms with E-state index in [1.54, 1.807) is 13.0 Å². The summed E-state index contributed by atoms with van der Waals surface area (Å²) in [5.41, 5.74) is 8.70. The van der Waals surface area contributed by atoms with Gasteiger partial charge in [-0.2, -0.15) is 0 Å². The molecular formula is C31H42N4O7. The maximum Gasteiger partial charge on any atom is 0.310 e. The summed E-state index contributed by atoms with van der Waals surface area (Å²) in [5, 5.41) is 20.4. The first-order valence-corrected chi connectivity index (χ1v) is 14.8. The predicted molar refractivity (Wildman–Crippen MR) is 156 cm³/mol. The van der Waals surface area contributed by atoms with Crippen molar-refractivity contribution in [3.8, 4) is 23.0 Å². The number of rotatable bonds is 14. The number of carbonyl (C=O) groups excluding carboxylic acids is 2. The summed E-state index contributed by atoms with van der Waals surface area (Å²) < 4.78 is 22.4. The van der Waals surface area contributed by atoms with Gasteiger partial charge in [-0.3, -0.25) is 9.59 Å². The number of aromatic hydroxyl groups is 1. The highest BCUT2D eigenvalue weighted by Crippen LogP contribution is 2.55. The molecule has 1 aliphatic carbocycles. The topological polar surface area (TPSA) is 153 Å². The van der Waals surface area contributed by atoms with E-state index in [9.17, 15) is 14.7 Å². The van der Waals surface area contributed by atoms with Gasteiger partial charge in [0, 0.05) is 24.8 Å². The molecule has 4 atom stereocenters. The second-order valence-electron chi connectivity index (χ2n) is 11.2. The molecule has 42 heavy (non-hydrogen) atoms. The van der Waals surface area contributed by atoms with E-state index in [0.29, 0.717) is 35.8 Å². The number of ether oxygens (including phenoxy) is 4. The summed E-state index contributed by atoms with van der Waals surface area (Å²) in [6, 6.07) is 7.03. The number of hydrogen-bond acceptors (Lipinski definition) is 10. The van der Waals surface area contributed by atoms with Crippen molar-refractivity contribution in [2.75, 3.05) is 53.2 Å². The minimum absolute atomic E-state index is 0.0611. The van der Waals surface area contributed by atoms with Crippen molar-refractivity contribution in [3.05, 3.63) is 46.5 Å². The predicted octanol–water partition coefficient (Wildman–Crippen LogP) is 2.23. The molecule has 6 N–H and O–H groups in total. The van der Waals surface area contributed by atoms with Gasteiger partial charge in [0.1, 0.15) is 0 Å². The van der Waals surface area contributed by atoms with Crippen LogP contribution in [-0.2, 0) is 14.3 Å². The number of aryl methyl sites for hydroxylation is 1. The Kier molecular flexibility index (Phi) is 9.71. The Hall–Kier alpha value is -3.54. The Morgan fingerprint density at radius 1 is 1.00 bits per heavy atom. The third-order valence-electron chi connectivity index (χ3n) is 8.41. The molecule has 0 radical (unpaired) electrons. The van der Waals surface area contributed by atoms with E-state index in [0.717, 1.165) is 62.1 Å². The molecule has 1 saturated heterocycles. The molecule has 11 nitrogen and oxygen atoms in total. The standard InChI is InChI=1S/C31H42N4O7/c1-18-12-19(13-25(39-2)30(18)37)27-20-14-23-24(42-17-41-23)15-21(20)29(22-16-40-31(38)28(22)27)35-26(36)6-11-34-10-5-9-33-8-4-3-7-32/h12-15,22,27-29,33-34,37H,3-11,16-17,32H2,1-2H3,(H,35,36)/t22-,27?,28-,29+/m0/s1. The Bertz CT molecular complexity index is 1290. The van der Waals surface area contributed by atoms with Crippen LogP contribution in [0.4, 0.5) is 0 Å². The van der Waals surface area contributed by atoms with E-state index in [2.05, 4.69) is 16.0 Å². The van der Waals surface area contributed by atoms with Crippen molar-refractivity contribution < 1.29 is 33.6 Å². The molecule has 2 aromatic carbocycles. The van der Waals surface area contributed by atoms with Crippen molar-refractivity contribution >= 4 is 11.9 Å². The van der Waals surface area contributed by atoms with E-state index >= 15 is 0 Å². The number of phenols is 1. The Morgan fingerprint density at radius 3 is 2.45 bits per heavy atom. The lowest BCUT2D eigenvalue weighted by Crippen LogP contribution is -2.43. The van der Waals surface area contributed by atoms with E-state index in [1.165, 1.54) is 7.11 Å². The fraction of sp³-hybridized carbons (Fsp3) is 0.548. The van der Waals surface area contributed by atoms with Crippen LogP contribution >= 0.6 is 0 Å². The molecule has 228 valence electrons. The molecule has 1 amide bonds. The highest BCUT2D eigenvalue weighted by atomic mass is 16.7. The molecule has 2 aromatic rings. The van der Waals surface area contributed by atoms with Gasteiger partial charge in [-0.1, -0.05) is 6.07 Å². The Balaban J connectivity index is 1.33. The van der Waals surface area contributed by atoms with Crippen molar-refractivity contribution in [2.24, 2.45) is 17.6 Å². The summed E-state index contributed by atoms with van der Waals surface area (Å²) in [6.07, 6.45) is 3.39. The van der Waals surface area contributed by atoms with Gasteiger partial charge < -0.3 is 45.7 Å². The molecule has 0 spiro atoms. The third-order valence-corrected chi connectivity index (χ3v) is 8.41. The average Bonchev–Trinajstić information content (AvgIpc) is 3.60. The maximum absolute atomic E-state index is 13.3. The second-order valence-corrected chi connectivity index (χ2v) is 11.2. The van der Waals surface area contributed by atoms with Crippen molar-refractivity contribution in [1.82, 2.24) is 16.0 Å². The molecule has 2 aliphatic heterocycles. The lowest BCUT2D eigenvalue weighted by atomic mass is 9.65. The van der Waals surface area contributed by atoms with Gasteiger partial charge in [0.15, 0.2) is 23.0 Å². The lowest BCUT2D eigenvalue weighted by molar-refractivity contribution is -0.141. The third kappa shape index (κ3) is 6.28. The number of phenolic OH excluding ortho intramolecular Hbond substituents is 1. The Labute approximate surface area is 246 Å². The summed E-state index contributed by atoms with van der Waals surface area (Å²) in [7, 11) is 1.50. The van der Waals surface area contributed by atoms with Crippen LogP contribution in [0.1, 0.15) is 59.9 Å². The van der Waals surface area contributed by atoms with E-state index < -0.39 is 12.0 Å². The van der Waals surface area contributed by atoms with Gasteiger partial charge in [0.25, 0.3) is 0 Å². The highest BCUT2D eigenvalue weighted by molar-refractivity contribution is 5.81. The van der Waals surface area contributed by atoms with Crippen molar-refractivity contribution in [3.63, 3.8) is 0 Å². The van der Waals surface area contributed by atoms with Crippen LogP contribution in [-0.4, -0.2) is 70.2 Å². The van der Waals surface area contributed by atoms with Gasteiger partial charge in [0.2, 0.25) is 12.7 Å². The normalized spacial score (nSPS) is 21.9. The van der Waals surface area contributed by atoms with Crippen LogP contribution in [0.5, 0.6) is 23.0 Å². The zero-order chi connectivity index (χ0) is 29.6. The number of amides is 1. The zero-order valence-corrected chi connectivity index (χ0v) is 24.4. The van der Waals surface area contributed by atoms with Crippen LogP contribution < -0.4 is 35.9 Å². The number of hydrogen-bond donors (Lipinski definition) is 5. The lowest BCUT2D eigenvalue weighted by Gasteiger charge is -2.39.